The molecule has 5 rings (SSSR count). The van der Waals surface area contributed by atoms with Gasteiger partial charge in [0.05, 0.1) is 0 Å². The maximum Gasteiger partial charge on any atom is 0.380 e. The zero-order chi connectivity index (χ0) is 25.2. The topological polar surface area (TPSA) is 12.0 Å². The summed E-state index contributed by atoms with van der Waals surface area (Å²) in [5, 5.41) is 2.97. The monoisotopic (exact) mass is 523 g/mol. The molecule has 0 amide bonds. The number of aryl methyl sites for hydroxylation is 2. The van der Waals surface area contributed by atoms with Crippen molar-refractivity contribution in [3.63, 3.8) is 0 Å². The summed E-state index contributed by atoms with van der Waals surface area (Å²) in [5.74, 6) is -15.7. The third kappa shape index (κ3) is 3.50. The molecule has 3 heterocycles. The molecule has 0 atom stereocenters. The molecule has 1 aliphatic heterocycles. The van der Waals surface area contributed by atoms with Crippen LogP contribution in [0.1, 0.15) is 25.8 Å². The SMILES string of the molecule is Cc1sc(C2=CCNC=C2)cc1C1=C(c2cc(-c3ccccc3)sc2C)C(F)(F)C(F)(F)C1(F)F. The van der Waals surface area contributed by atoms with E-state index in [1.54, 1.807) is 42.6 Å². The summed E-state index contributed by atoms with van der Waals surface area (Å²) in [5.41, 5.74) is -1.76. The second kappa shape index (κ2) is 8.13. The first-order valence-corrected chi connectivity index (χ1v) is 12.4. The number of rotatable bonds is 4. The Morgan fingerprint density at radius 3 is 1.86 bits per heavy atom. The molecule has 0 bridgehead atoms. The van der Waals surface area contributed by atoms with Crippen molar-refractivity contribution in [2.45, 2.75) is 31.6 Å². The Bertz CT molecular complexity index is 1390. The maximum atomic E-state index is 15.3. The van der Waals surface area contributed by atoms with Crippen molar-refractivity contribution >= 4 is 39.4 Å². The fourth-order valence-corrected chi connectivity index (χ4v) is 6.50. The maximum absolute atomic E-state index is 15.3. The summed E-state index contributed by atoms with van der Waals surface area (Å²) in [6.07, 6.45) is 5.22. The molecule has 0 fully saturated rings. The van der Waals surface area contributed by atoms with E-state index in [2.05, 4.69) is 5.32 Å². The summed E-state index contributed by atoms with van der Waals surface area (Å²) in [6.45, 7) is 3.48. The minimum absolute atomic E-state index is 0.265. The molecule has 35 heavy (non-hydrogen) atoms. The van der Waals surface area contributed by atoms with Gasteiger partial charge in [-0.1, -0.05) is 36.4 Å². The molecule has 3 aromatic rings. The number of hydrogen-bond acceptors (Lipinski definition) is 3. The molecule has 2 aliphatic rings. The van der Waals surface area contributed by atoms with E-state index in [9.17, 15) is 8.78 Å². The highest BCUT2D eigenvalue weighted by atomic mass is 32.1. The largest absolute Gasteiger partial charge is 0.387 e. The van der Waals surface area contributed by atoms with E-state index in [-0.39, 0.29) is 20.9 Å². The first-order valence-electron chi connectivity index (χ1n) is 10.7. The summed E-state index contributed by atoms with van der Waals surface area (Å²) >= 11 is 2.22. The van der Waals surface area contributed by atoms with E-state index in [0.29, 0.717) is 27.4 Å². The van der Waals surface area contributed by atoms with Gasteiger partial charge in [0.1, 0.15) is 0 Å². The number of halogens is 6. The fraction of sp³-hybridized carbons (Fsp3) is 0.231. The van der Waals surface area contributed by atoms with Crippen molar-refractivity contribution in [2.75, 3.05) is 6.54 Å². The quantitative estimate of drug-likeness (QED) is 0.339. The number of hydrogen-bond donors (Lipinski definition) is 1. The second-order valence-corrected chi connectivity index (χ2v) is 10.9. The van der Waals surface area contributed by atoms with Crippen LogP contribution >= 0.6 is 22.7 Å². The predicted octanol–water partition coefficient (Wildman–Crippen LogP) is 8.42. The van der Waals surface area contributed by atoms with Crippen molar-refractivity contribution in [2.24, 2.45) is 0 Å². The van der Waals surface area contributed by atoms with Crippen LogP contribution in [0.4, 0.5) is 26.3 Å². The lowest BCUT2D eigenvalue weighted by atomic mass is 9.94. The summed E-state index contributed by atoms with van der Waals surface area (Å²) in [4.78, 5) is 1.61. The lowest BCUT2D eigenvalue weighted by Gasteiger charge is -2.25. The van der Waals surface area contributed by atoms with Crippen LogP contribution in [0.5, 0.6) is 0 Å². The van der Waals surface area contributed by atoms with Gasteiger partial charge in [0.25, 0.3) is 0 Å². The van der Waals surface area contributed by atoms with E-state index in [0.717, 1.165) is 22.7 Å². The number of alkyl halides is 6. The molecule has 1 aliphatic carbocycles. The van der Waals surface area contributed by atoms with Crippen LogP contribution in [0.25, 0.3) is 27.2 Å². The van der Waals surface area contributed by atoms with Gasteiger partial charge in [-0.15, -0.1) is 22.7 Å². The number of dihydropyridines is 1. The molecule has 0 saturated heterocycles. The van der Waals surface area contributed by atoms with Gasteiger partial charge in [-0.2, -0.15) is 26.3 Å². The first-order chi connectivity index (χ1) is 16.5. The Balaban J connectivity index is 1.77. The van der Waals surface area contributed by atoms with Gasteiger partial charge >= 0.3 is 17.8 Å². The van der Waals surface area contributed by atoms with E-state index >= 15 is 17.6 Å². The van der Waals surface area contributed by atoms with Crippen LogP contribution in [-0.2, 0) is 0 Å². The normalized spacial score (nSPS) is 20.2. The highest BCUT2D eigenvalue weighted by Crippen LogP contribution is 2.66. The molecule has 182 valence electrons. The van der Waals surface area contributed by atoms with Crippen molar-refractivity contribution in [1.82, 2.24) is 5.32 Å². The number of nitrogens with one attached hydrogen (secondary N) is 1. The van der Waals surface area contributed by atoms with E-state index in [1.807, 2.05) is 6.08 Å². The molecular formula is C26H19F6NS2. The number of allylic oxidation sites excluding steroid dienone is 4. The Morgan fingerprint density at radius 1 is 0.771 bits per heavy atom. The Hall–Kier alpha value is -2.78. The molecule has 0 unspecified atom stereocenters. The van der Waals surface area contributed by atoms with Gasteiger partial charge in [-0.3, -0.25) is 0 Å². The lowest BCUT2D eigenvalue weighted by molar-refractivity contribution is -0.254. The van der Waals surface area contributed by atoms with Crippen molar-refractivity contribution in [3.05, 3.63) is 86.6 Å². The Kier molecular flexibility index (Phi) is 5.56. The van der Waals surface area contributed by atoms with E-state index in [1.165, 1.54) is 26.0 Å². The van der Waals surface area contributed by atoms with E-state index in [4.69, 9.17) is 0 Å². The van der Waals surface area contributed by atoms with Gasteiger partial charge in [0, 0.05) is 37.2 Å². The van der Waals surface area contributed by atoms with Gasteiger partial charge in [0.15, 0.2) is 0 Å². The van der Waals surface area contributed by atoms with Crippen LogP contribution in [0.3, 0.4) is 0 Å². The summed E-state index contributed by atoms with van der Waals surface area (Å²) in [7, 11) is 0. The summed E-state index contributed by atoms with van der Waals surface area (Å²) in [6, 6.07) is 11.4. The third-order valence-corrected chi connectivity index (χ3v) is 8.40. The molecule has 9 heteroatoms. The molecular weight excluding hydrogens is 504 g/mol. The van der Waals surface area contributed by atoms with Crippen LogP contribution in [0.2, 0.25) is 0 Å². The molecule has 0 spiro atoms. The van der Waals surface area contributed by atoms with Crippen LogP contribution < -0.4 is 5.32 Å². The molecule has 1 nitrogen and oxygen atoms in total. The standard InChI is InChI=1S/C26H19F6NS2/c1-14-18(12-20(34-14)16-6-4-3-5-7-16)22-23(25(29,30)26(31,32)24(22,27)28)19-13-21(35-15(19)2)17-8-10-33-11-9-17/h3-10,12-13,33H,11H2,1-2H3. The fourth-order valence-electron chi connectivity index (χ4n) is 4.42. The highest BCUT2D eigenvalue weighted by molar-refractivity contribution is 7.15. The molecule has 2 aromatic heterocycles. The molecule has 0 saturated carbocycles. The first kappa shape index (κ1) is 23.9. The smallest absolute Gasteiger partial charge is 0.380 e. The van der Waals surface area contributed by atoms with Crippen molar-refractivity contribution < 1.29 is 26.3 Å². The van der Waals surface area contributed by atoms with Crippen LogP contribution in [0.15, 0.2) is 60.8 Å². The lowest BCUT2D eigenvalue weighted by Crippen LogP contribution is -2.48. The average molecular weight is 524 g/mol. The Labute approximate surface area is 206 Å². The number of benzene rings is 1. The van der Waals surface area contributed by atoms with Gasteiger partial charge < -0.3 is 5.32 Å². The van der Waals surface area contributed by atoms with Crippen molar-refractivity contribution in [3.8, 4) is 10.4 Å². The van der Waals surface area contributed by atoms with Gasteiger partial charge in [0.2, 0.25) is 0 Å². The average Bonchev–Trinajstić information content (AvgIpc) is 3.42. The minimum Gasteiger partial charge on any atom is -0.387 e. The minimum atomic E-state index is -5.57. The zero-order valence-electron chi connectivity index (χ0n) is 18.6. The Morgan fingerprint density at radius 2 is 1.31 bits per heavy atom. The third-order valence-electron chi connectivity index (χ3n) is 6.20. The molecule has 1 N–H and O–H groups in total. The highest BCUT2D eigenvalue weighted by Gasteiger charge is 2.80. The zero-order valence-corrected chi connectivity index (χ0v) is 20.2. The molecule has 0 radical (unpaired) electrons. The van der Waals surface area contributed by atoms with Gasteiger partial charge in [-0.25, -0.2) is 0 Å². The van der Waals surface area contributed by atoms with E-state index < -0.39 is 28.9 Å². The van der Waals surface area contributed by atoms with Crippen LogP contribution in [0, 0.1) is 13.8 Å². The molecule has 1 aromatic carbocycles. The van der Waals surface area contributed by atoms with Crippen LogP contribution in [-0.4, -0.2) is 24.3 Å². The second-order valence-electron chi connectivity index (χ2n) is 8.40. The summed E-state index contributed by atoms with van der Waals surface area (Å²) < 4.78 is 90.6. The van der Waals surface area contributed by atoms with Crippen molar-refractivity contribution in [1.29, 1.82) is 0 Å². The predicted molar refractivity (Wildman–Crippen MR) is 130 cm³/mol. The van der Waals surface area contributed by atoms with Gasteiger partial charge in [-0.05, 0) is 60.5 Å². The number of thiophene rings is 2.